The van der Waals surface area contributed by atoms with E-state index in [-0.39, 0.29) is 6.71 Å². The summed E-state index contributed by atoms with van der Waals surface area (Å²) in [4.78, 5) is 0. The van der Waals surface area contributed by atoms with Crippen molar-refractivity contribution in [1.29, 1.82) is 0 Å². The van der Waals surface area contributed by atoms with E-state index in [1.54, 1.807) is 0 Å². The highest BCUT2D eigenvalue weighted by Crippen LogP contribution is 2.45. The molecule has 52 heavy (non-hydrogen) atoms. The minimum atomic E-state index is -0.00275. The van der Waals surface area contributed by atoms with Crippen LogP contribution in [-0.2, 0) is 0 Å². The third-order valence-corrected chi connectivity index (χ3v) is 10.6. The Hall–Kier alpha value is -6.78. The minimum absolute atomic E-state index is 0.00275. The van der Waals surface area contributed by atoms with Gasteiger partial charge in [0.25, 0.3) is 6.71 Å². The Morgan fingerprint density at radius 3 is 1.60 bits per heavy atom. The third kappa shape index (κ3) is 4.41. The molecule has 1 aromatic heterocycles. The quantitative estimate of drug-likeness (QED) is 0.176. The van der Waals surface area contributed by atoms with Gasteiger partial charge in [0.05, 0.1) is 0 Å². The van der Waals surface area contributed by atoms with Gasteiger partial charge in [-0.2, -0.15) is 0 Å². The lowest BCUT2D eigenvalue weighted by atomic mass is 9.34. The van der Waals surface area contributed by atoms with E-state index < -0.39 is 0 Å². The zero-order valence-corrected chi connectivity index (χ0v) is 28.0. The van der Waals surface area contributed by atoms with Gasteiger partial charge in [0.1, 0.15) is 34.2 Å². The van der Waals surface area contributed by atoms with E-state index in [2.05, 4.69) is 152 Å². The highest BCUT2D eigenvalue weighted by Gasteiger charge is 2.40. The van der Waals surface area contributed by atoms with Gasteiger partial charge in [-0.05, 0) is 75.1 Å². The van der Waals surface area contributed by atoms with Gasteiger partial charge in [0, 0.05) is 32.9 Å². The molecule has 0 bridgehead atoms. The maximum atomic E-state index is 7.04. The summed E-state index contributed by atoms with van der Waals surface area (Å²) in [7, 11) is 0. The molecule has 0 amide bonds. The highest BCUT2D eigenvalue weighted by molar-refractivity contribution is 6.98. The van der Waals surface area contributed by atoms with Gasteiger partial charge in [-0.25, -0.2) is 0 Å². The Morgan fingerprint density at radius 1 is 0.346 bits per heavy atom. The van der Waals surface area contributed by atoms with Crippen LogP contribution in [0.2, 0.25) is 0 Å². The number of ether oxygens (including phenoxy) is 2. The van der Waals surface area contributed by atoms with Crippen molar-refractivity contribution < 1.29 is 13.9 Å². The van der Waals surface area contributed by atoms with Crippen LogP contribution in [0.4, 0.5) is 0 Å². The predicted octanol–water partition coefficient (Wildman–Crippen LogP) is 11.0. The van der Waals surface area contributed by atoms with Gasteiger partial charge in [-0.15, -0.1) is 0 Å². The van der Waals surface area contributed by atoms with E-state index >= 15 is 0 Å². The van der Waals surface area contributed by atoms with Crippen LogP contribution in [0, 0.1) is 0 Å². The van der Waals surface area contributed by atoms with Crippen molar-refractivity contribution in [3.63, 3.8) is 0 Å². The van der Waals surface area contributed by atoms with Crippen LogP contribution >= 0.6 is 0 Å². The first-order chi connectivity index (χ1) is 25.8. The molecule has 4 heteroatoms. The lowest BCUT2D eigenvalue weighted by Gasteiger charge is -2.33. The highest BCUT2D eigenvalue weighted by atomic mass is 16.5. The number of benzene rings is 8. The van der Waals surface area contributed by atoms with Crippen molar-refractivity contribution in [3.05, 3.63) is 176 Å². The first-order valence-electron chi connectivity index (χ1n) is 17.7. The summed E-state index contributed by atoms with van der Waals surface area (Å²) in [6.45, 7) is -0.00275. The smallest absolute Gasteiger partial charge is 0.260 e. The van der Waals surface area contributed by atoms with Crippen LogP contribution in [0.3, 0.4) is 0 Å². The van der Waals surface area contributed by atoms with Crippen LogP contribution in [0.1, 0.15) is 0 Å². The van der Waals surface area contributed by atoms with E-state index in [1.165, 1.54) is 11.1 Å². The molecular weight excluding hydrogens is 635 g/mol. The molecule has 0 atom stereocenters. The summed E-state index contributed by atoms with van der Waals surface area (Å²) >= 11 is 0. The number of hydrogen-bond acceptors (Lipinski definition) is 3. The lowest BCUT2D eigenvalue weighted by molar-refractivity contribution is 0.465. The normalized spacial score (nSPS) is 12.5. The van der Waals surface area contributed by atoms with E-state index in [0.29, 0.717) is 0 Å². The molecule has 242 valence electrons. The second-order valence-electron chi connectivity index (χ2n) is 13.6. The molecule has 0 unspecified atom stereocenters. The first kappa shape index (κ1) is 29.0. The fourth-order valence-electron chi connectivity index (χ4n) is 8.25. The van der Waals surface area contributed by atoms with E-state index in [1.807, 2.05) is 24.3 Å². The molecule has 3 heterocycles. The maximum Gasteiger partial charge on any atom is 0.260 e. The van der Waals surface area contributed by atoms with Crippen LogP contribution in [-0.4, -0.2) is 6.71 Å². The Bertz CT molecular complexity index is 2800. The van der Waals surface area contributed by atoms with Gasteiger partial charge < -0.3 is 13.9 Å². The van der Waals surface area contributed by atoms with Gasteiger partial charge in [-0.3, -0.25) is 0 Å². The Labute approximate surface area is 301 Å². The molecule has 8 aromatic carbocycles. The molecule has 9 aromatic rings. The Morgan fingerprint density at radius 2 is 0.865 bits per heavy atom. The summed E-state index contributed by atoms with van der Waals surface area (Å²) in [5, 5.41) is 2.16. The average Bonchev–Trinajstić information content (AvgIpc) is 3.60. The summed E-state index contributed by atoms with van der Waals surface area (Å²) in [6.07, 6.45) is 0. The average molecular weight is 665 g/mol. The van der Waals surface area contributed by atoms with Crippen molar-refractivity contribution in [2.45, 2.75) is 0 Å². The van der Waals surface area contributed by atoms with Gasteiger partial charge in [-0.1, -0.05) is 140 Å². The second kappa shape index (κ2) is 11.4. The third-order valence-electron chi connectivity index (χ3n) is 10.6. The van der Waals surface area contributed by atoms with Crippen molar-refractivity contribution in [2.24, 2.45) is 0 Å². The molecule has 0 saturated carbocycles. The number of fused-ring (bicyclic) bond motifs is 7. The molecule has 2 aliphatic rings. The van der Waals surface area contributed by atoms with E-state index in [0.717, 1.165) is 94.7 Å². The topological polar surface area (TPSA) is 31.6 Å². The molecule has 2 aliphatic heterocycles. The standard InChI is InChI=1S/C48H29BO3/c1-3-13-30(14-4-1)32-27-33(31-15-5-2-6-16-31)29-34(28-32)35-17-9-18-36-37-19-10-20-38(47(37)52-46(35)36)39-21-11-23-41-48(39)51-44-26-12-25-43-45(44)49(41)40-22-7-8-24-42(40)50-43/h1-29H. The van der Waals surface area contributed by atoms with Crippen LogP contribution in [0.5, 0.6) is 23.0 Å². The van der Waals surface area contributed by atoms with Gasteiger partial charge in [0.15, 0.2) is 0 Å². The molecule has 0 spiro atoms. The molecule has 0 fully saturated rings. The monoisotopic (exact) mass is 664 g/mol. The fourth-order valence-corrected chi connectivity index (χ4v) is 8.25. The zero-order valence-electron chi connectivity index (χ0n) is 28.0. The predicted molar refractivity (Wildman–Crippen MR) is 213 cm³/mol. The van der Waals surface area contributed by atoms with Crippen molar-refractivity contribution in [3.8, 4) is 67.5 Å². The van der Waals surface area contributed by atoms with E-state index in [4.69, 9.17) is 13.9 Å². The first-order valence-corrected chi connectivity index (χ1v) is 17.7. The van der Waals surface area contributed by atoms with Crippen LogP contribution < -0.4 is 25.9 Å². The number of furan rings is 1. The van der Waals surface area contributed by atoms with Crippen LogP contribution in [0.15, 0.2) is 180 Å². The summed E-state index contributed by atoms with van der Waals surface area (Å²) in [5.41, 5.74) is 13.9. The number of para-hydroxylation sites is 4. The summed E-state index contributed by atoms with van der Waals surface area (Å²) < 4.78 is 20.2. The maximum absolute atomic E-state index is 7.04. The van der Waals surface area contributed by atoms with Crippen molar-refractivity contribution in [1.82, 2.24) is 0 Å². The number of hydrogen-bond donors (Lipinski definition) is 0. The molecular formula is C48H29BO3. The molecule has 11 rings (SSSR count). The van der Waals surface area contributed by atoms with Gasteiger partial charge >= 0.3 is 0 Å². The SMILES string of the molecule is c1ccc(-c2cc(-c3ccccc3)cc(-c3cccc4c3oc3c(-c5cccc6c5Oc5cccc7c5B6c5ccccc5O7)cccc34)c2)cc1. The fraction of sp³-hybridized carbons (Fsp3) is 0. The van der Waals surface area contributed by atoms with Crippen molar-refractivity contribution in [2.75, 3.05) is 0 Å². The second-order valence-corrected chi connectivity index (χ2v) is 13.6. The molecule has 0 N–H and O–H groups in total. The number of rotatable bonds is 4. The van der Waals surface area contributed by atoms with E-state index in [9.17, 15) is 0 Å². The summed E-state index contributed by atoms with van der Waals surface area (Å²) in [5.74, 6) is 3.40. The minimum Gasteiger partial charge on any atom is -0.458 e. The summed E-state index contributed by atoms with van der Waals surface area (Å²) in [6, 6.07) is 61.8. The Balaban J connectivity index is 1.11. The molecule has 0 aliphatic carbocycles. The molecule has 0 saturated heterocycles. The Kier molecular flexibility index (Phi) is 6.35. The molecule has 0 radical (unpaired) electrons. The largest absolute Gasteiger partial charge is 0.458 e. The zero-order chi connectivity index (χ0) is 34.2. The lowest BCUT2D eigenvalue weighted by Crippen LogP contribution is -2.57. The molecule has 3 nitrogen and oxygen atoms in total. The van der Waals surface area contributed by atoms with Crippen molar-refractivity contribution >= 4 is 45.0 Å². The van der Waals surface area contributed by atoms with Crippen LogP contribution in [0.25, 0.3) is 66.4 Å². The van der Waals surface area contributed by atoms with Gasteiger partial charge in [0.2, 0.25) is 0 Å².